The van der Waals surface area contributed by atoms with Gasteiger partial charge in [-0.1, -0.05) is 0 Å². The van der Waals surface area contributed by atoms with Crippen molar-refractivity contribution in [3.63, 3.8) is 0 Å². The average molecular weight is 404 g/mol. The van der Waals surface area contributed by atoms with Crippen molar-refractivity contribution in [1.29, 1.82) is 0 Å². The molecule has 1 heterocycles. The molecule has 148 valence electrons. The summed E-state index contributed by atoms with van der Waals surface area (Å²) in [6.07, 6.45) is 0.184. The summed E-state index contributed by atoms with van der Waals surface area (Å²) < 4.78 is 27.6. The van der Waals surface area contributed by atoms with Gasteiger partial charge in [-0.3, -0.25) is 4.79 Å². The smallest absolute Gasteiger partial charge is 0.319 e. The number of methoxy groups -OCH3 is 1. The number of ether oxygens (including phenoxy) is 1. The largest absolute Gasteiger partial charge is 0.497 e. The first-order valence-electron chi connectivity index (χ1n) is 8.41. The molecule has 4 N–H and O–H groups in total. The van der Waals surface area contributed by atoms with Gasteiger partial charge < -0.3 is 20.3 Å². The van der Waals surface area contributed by atoms with Crippen molar-refractivity contribution in [2.24, 2.45) is 5.14 Å². The van der Waals surface area contributed by atoms with E-state index in [1.807, 2.05) is 0 Å². The predicted molar refractivity (Wildman–Crippen MR) is 104 cm³/mol. The van der Waals surface area contributed by atoms with Crippen molar-refractivity contribution in [2.45, 2.75) is 17.4 Å². The van der Waals surface area contributed by atoms with Gasteiger partial charge >= 0.3 is 6.03 Å². The summed E-state index contributed by atoms with van der Waals surface area (Å²) in [5.41, 5.74) is 1.13. The van der Waals surface area contributed by atoms with Crippen molar-refractivity contribution in [1.82, 2.24) is 5.32 Å². The number of benzene rings is 2. The molecule has 0 aliphatic carbocycles. The zero-order valence-corrected chi connectivity index (χ0v) is 15.9. The van der Waals surface area contributed by atoms with Crippen molar-refractivity contribution < 1.29 is 22.7 Å². The van der Waals surface area contributed by atoms with Crippen LogP contribution in [0.2, 0.25) is 0 Å². The maximum absolute atomic E-state index is 12.3. The Kier molecular flexibility index (Phi) is 5.52. The second-order valence-electron chi connectivity index (χ2n) is 6.27. The Balaban J connectivity index is 1.58. The van der Waals surface area contributed by atoms with Gasteiger partial charge in [0, 0.05) is 24.3 Å². The topological polar surface area (TPSA) is 131 Å². The fraction of sp³-hybridized carbons (Fsp3) is 0.222. The van der Waals surface area contributed by atoms with Crippen LogP contribution < -0.4 is 25.4 Å². The molecule has 10 heteroatoms. The lowest BCUT2D eigenvalue weighted by Crippen LogP contribution is -2.39. The number of carbonyl (C=O) groups excluding carboxylic acids is 2. The minimum Gasteiger partial charge on any atom is -0.497 e. The molecule has 0 radical (unpaired) electrons. The second-order valence-corrected chi connectivity index (χ2v) is 7.83. The van der Waals surface area contributed by atoms with Crippen LogP contribution in [-0.4, -0.2) is 40.1 Å². The van der Waals surface area contributed by atoms with E-state index in [9.17, 15) is 18.0 Å². The summed E-state index contributed by atoms with van der Waals surface area (Å²) in [6, 6.07) is 11.7. The summed E-state index contributed by atoms with van der Waals surface area (Å²) in [5.74, 6) is 0.603. The summed E-state index contributed by atoms with van der Waals surface area (Å²) in [6.45, 7) is 0.350. The fourth-order valence-electron chi connectivity index (χ4n) is 2.90. The molecule has 0 aromatic heterocycles. The van der Waals surface area contributed by atoms with Crippen molar-refractivity contribution in [2.75, 3.05) is 23.9 Å². The highest BCUT2D eigenvalue weighted by atomic mass is 32.2. The van der Waals surface area contributed by atoms with Crippen LogP contribution in [-0.2, 0) is 14.8 Å². The molecule has 3 amide bonds. The monoisotopic (exact) mass is 404 g/mol. The van der Waals surface area contributed by atoms with E-state index in [1.165, 1.54) is 24.3 Å². The van der Waals surface area contributed by atoms with Gasteiger partial charge in [0.05, 0.1) is 18.0 Å². The van der Waals surface area contributed by atoms with E-state index in [4.69, 9.17) is 9.88 Å². The standard InChI is InChI=1S/C18H20N4O5S/c1-27-15-6-4-14(5-7-15)22-11-13(10-17(22)23)21-18(24)20-12-2-8-16(9-3-12)28(19,25)26/h2-9,13H,10-11H2,1H3,(H2,19,25,26)(H2,20,21,24)/t13-/m1/s1. The van der Waals surface area contributed by atoms with Gasteiger partial charge in [0.1, 0.15) is 5.75 Å². The highest BCUT2D eigenvalue weighted by Gasteiger charge is 2.31. The van der Waals surface area contributed by atoms with Gasteiger partial charge in [-0.2, -0.15) is 0 Å². The molecule has 1 aliphatic heterocycles. The molecule has 1 saturated heterocycles. The first kappa shape index (κ1) is 19.6. The van der Waals surface area contributed by atoms with Gasteiger partial charge in [0.25, 0.3) is 0 Å². The molecule has 1 aliphatic rings. The first-order chi connectivity index (χ1) is 13.3. The first-order valence-corrected chi connectivity index (χ1v) is 9.96. The lowest BCUT2D eigenvalue weighted by molar-refractivity contribution is -0.117. The number of hydrogen-bond donors (Lipinski definition) is 3. The van der Waals surface area contributed by atoms with E-state index in [-0.39, 0.29) is 23.3 Å². The van der Waals surface area contributed by atoms with Crippen LogP contribution in [0.3, 0.4) is 0 Å². The number of urea groups is 1. The minimum absolute atomic E-state index is 0.0463. The number of anilines is 2. The highest BCUT2D eigenvalue weighted by Crippen LogP contribution is 2.24. The predicted octanol–water partition coefficient (Wildman–Crippen LogP) is 1.27. The number of primary sulfonamides is 1. The van der Waals surface area contributed by atoms with Crippen molar-refractivity contribution in [3.8, 4) is 5.75 Å². The molecule has 0 bridgehead atoms. The molecule has 1 atom stereocenters. The van der Waals surface area contributed by atoms with E-state index < -0.39 is 16.1 Å². The summed E-state index contributed by atoms with van der Waals surface area (Å²) in [7, 11) is -2.22. The van der Waals surface area contributed by atoms with Gasteiger partial charge in [-0.05, 0) is 48.5 Å². The maximum atomic E-state index is 12.3. The molecule has 28 heavy (non-hydrogen) atoms. The van der Waals surface area contributed by atoms with Crippen LogP contribution in [0.1, 0.15) is 6.42 Å². The van der Waals surface area contributed by atoms with Crippen molar-refractivity contribution >= 4 is 33.3 Å². The Morgan fingerprint density at radius 2 is 1.79 bits per heavy atom. The zero-order valence-electron chi connectivity index (χ0n) is 15.1. The number of nitrogens with one attached hydrogen (secondary N) is 2. The van der Waals surface area contributed by atoms with Gasteiger partial charge in [-0.15, -0.1) is 0 Å². The molecule has 0 saturated carbocycles. The number of carbonyl (C=O) groups is 2. The quantitative estimate of drug-likeness (QED) is 0.691. The summed E-state index contributed by atoms with van der Waals surface area (Å²) in [5, 5.41) is 10.4. The fourth-order valence-corrected chi connectivity index (χ4v) is 3.41. The van der Waals surface area contributed by atoms with E-state index in [0.717, 1.165) is 5.69 Å². The lowest BCUT2D eigenvalue weighted by atomic mass is 10.2. The second kappa shape index (κ2) is 7.87. The van der Waals surface area contributed by atoms with Crippen LogP contribution in [0.5, 0.6) is 5.75 Å². The number of sulfonamides is 1. The zero-order chi connectivity index (χ0) is 20.3. The number of rotatable bonds is 5. The Morgan fingerprint density at radius 3 is 2.36 bits per heavy atom. The van der Waals surface area contributed by atoms with E-state index >= 15 is 0 Å². The Bertz CT molecular complexity index is 974. The molecule has 0 unspecified atom stereocenters. The third-order valence-electron chi connectivity index (χ3n) is 4.29. The molecule has 0 spiro atoms. The summed E-state index contributed by atoms with van der Waals surface area (Å²) in [4.78, 5) is 26.0. The molecule has 2 aromatic carbocycles. The Morgan fingerprint density at radius 1 is 1.14 bits per heavy atom. The maximum Gasteiger partial charge on any atom is 0.319 e. The van der Waals surface area contributed by atoms with Crippen LogP contribution in [0.4, 0.5) is 16.2 Å². The molecular weight excluding hydrogens is 384 g/mol. The van der Waals surface area contributed by atoms with Crippen LogP contribution in [0.25, 0.3) is 0 Å². The van der Waals surface area contributed by atoms with Crippen LogP contribution in [0.15, 0.2) is 53.4 Å². The minimum atomic E-state index is -3.79. The molecule has 1 fully saturated rings. The Hall–Kier alpha value is -3.11. The van der Waals surface area contributed by atoms with Gasteiger partial charge in [0.15, 0.2) is 0 Å². The number of nitrogens with zero attached hydrogens (tertiary/aromatic N) is 1. The lowest BCUT2D eigenvalue weighted by Gasteiger charge is -2.18. The summed E-state index contributed by atoms with van der Waals surface area (Å²) >= 11 is 0. The number of nitrogens with two attached hydrogens (primary N) is 1. The third-order valence-corrected chi connectivity index (χ3v) is 5.21. The van der Waals surface area contributed by atoms with Gasteiger partial charge in [-0.25, -0.2) is 18.4 Å². The van der Waals surface area contributed by atoms with E-state index in [1.54, 1.807) is 36.3 Å². The average Bonchev–Trinajstić information content (AvgIpc) is 3.01. The van der Waals surface area contributed by atoms with E-state index in [2.05, 4.69) is 10.6 Å². The molecule has 2 aromatic rings. The normalized spacial score (nSPS) is 16.7. The van der Waals surface area contributed by atoms with E-state index in [0.29, 0.717) is 18.0 Å². The number of hydrogen-bond acceptors (Lipinski definition) is 5. The molecule has 9 nitrogen and oxygen atoms in total. The molecular formula is C18H20N4O5S. The van der Waals surface area contributed by atoms with Crippen LogP contribution >= 0.6 is 0 Å². The van der Waals surface area contributed by atoms with Crippen molar-refractivity contribution in [3.05, 3.63) is 48.5 Å². The molecule has 3 rings (SSSR count). The van der Waals surface area contributed by atoms with Gasteiger partial charge in [0.2, 0.25) is 15.9 Å². The highest BCUT2D eigenvalue weighted by molar-refractivity contribution is 7.89. The third kappa shape index (κ3) is 4.59. The Labute approximate surface area is 162 Å². The number of amides is 3. The SMILES string of the molecule is COc1ccc(N2C[C@H](NC(=O)Nc3ccc(S(N)(=O)=O)cc3)CC2=O)cc1. The van der Waals surface area contributed by atoms with Crippen LogP contribution in [0, 0.1) is 0 Å².